The van der Waals surface area contributed by atoms with Gasteiger partial charge in [0.2, 0.25) is 0 Å². The zero-order valence-electron chi connectivity index (χ0n) is 8.60. The molecule has 0 N–H and O–H groups in total. The monoisotopic (exact) mass is 275 g/mol. The van der Waals surface area contributed by atoms with E-state index < -0.39 is 0 Å². The predicted octanol–water partition coefficient (Wildman–Crippen LogP) is 2.76. The summed E-state index contributed by atoms with van der Waals surface area (Å²) in [5.41, 5.74) is 2.77. The Bertz CT molecular complexity index is 502. The van der Waals surface area contributed by atoms with Crippen molar-refractivity contribution in [2.24, 2.45) is 0 Å². The molecule has 2 heterocycles. The first-order valence-corrected chi connectivity index (χ1v) is 5.91. The highest BCUT2D eigenvalue weighted by Crippen LogP contribution is 2.27. The zero-order valence-corrected chi connectivity index (χ0v) is 10.2. The van der Waals surface area contributed by atoms with E-state index in [0.717, 1.165) is 23.5 Å². The molecule has 0 amide bonds. The second-order valence-corrected chi connectivity index (χ2v) is 4.64. The molecule has 1 aliphatic heterocycles. The first-order chi connectivity index (χ1) is 7.83. The second-order valence-electron chi connectivity index (χ2n) is 3.82. The Balaban J connectivity index is 1.91. The zero-order chi connectivity index (χ0) is 11.0. The minimum atomic E-state index is 0.827. The van der Waals surface area contributed by atoms with Crippen molar-refractivity contribution in [3.05, 3.63) is 52.4 Å². The van der Waals surface area contributed by atoms with Crippen LogP contribution in [0, 0.1) is 0 Å². The molecule has 0 aliphatic carbocycles. The van der Waals surface area contributed by atoms with Gasteiger partial charge in [-0.1, -0.05) is 24.3 Å². The molecule has 80 valence electrons. The average Bonchev–Trinajstić information content (AvgIpc) is 2.72. The molecule has 0 bridgehead atoms. The molecule has 1 aromatic heterocycles. The average molecular weight is 276 g/mol. The number of fused-ring (bicyclic) bond motifs is 1. The van der Waals surface area contributed by atoms with Gasteiger partial charge in [0.05, 0.1) is 0 Å². The standard InChI is InChI=1S/C12H10BrN3/c13-11-5-12(15-8-14-11)16-6-9-3-1-2-4-10(9)7-16/h1-5,8H,6-7H2. The Morgan fingerprint density at radius 3 is 2.38 bits per heavy atom. The summed E-state index contributed by atoms with van der Waals surface area (Å²) in [6.45, 7) is 1.86. The molecule has 0 atom stereocenters. The molecule has 4 heteroatoms. The van der Waals surface area contributed by atoms with E-state index >= 15 is 0 Å². The second kappa shape index (κ2) is 3.87. The van der Waals surface area contributed by atoms with Crippen molar-refractivity contribution in [1.29, 1.82) is 0 Å². The van der Waals surface area contributed by atoms with Crippen molar-refractivity contribution in [3.63, 3.8) is 0 Å². The van der Waals surface area contributed by atoms with Gasteiger partial charge in [-0.05, 0) is 27.1 Å². The van der Waals surface area contributed by atoms with Gasteiger partial charge in [0.1, 0.15) is 16.7 Å². The van der Waals surface area contributed by atoms with E-state index in [-0.39, 0.29) is 0 Å². The number of aromatic nitrogens is 2. The first kappa shape index (κ1) is 9.78. The number of rotatable bonds is 1. The molecular formula is C12H10BrN3. The van der Waals surface area contributed by atoms with Crippen LogP contribution in [0.2, 0.25) is 0 Å². The van der Waals surface area contributed by atoms with Gasteiger partial charge >= 0.3 is 0 Å². The van der Waals surface area contributed by atoms with Crippen LogP contribution in [0.3, 0.4) is 0 Å². The van der Waals surface area contributed by atoms with Gasteiger partial charge in [-0.3, -0.25) is 0 Å². The fourth-order valence-corrected chi connectivity index (χ4v) is 2.29. The van der Waals surface area contributed by atoms with E-state index in [2.05, 4.69) is 55.1 Å². The van der Waals surface area contributed by atoms with Crippen LogP contribution >= 0.6 is 15.9 Å². The van der Waals surface area contributed by atoms with Crippen LogP contribution in [0.5, 0.6) is 0 Å². The number of hydrogen-bond donors (Lipinski definition) is 0. The first-order valence-electron chi connectivity index (χ1n) is 5.12. The van der Waals surface area contributed by atoms with E-state index in [0.29, 0.717) is 0 Å². The summed E-state index contributed by atoms with van der Waals surface area (Å²) in [6, 6.07) is 10.5. The Hall–Kier alpha value is -1.42. The largest absolute Gasteiger partial charge is 0.348 e. The van der Waals surface area contributed by atoms with Gasteiger partial charge in [0, 0.05) is 19.2 Å². The lowest BCUT2D eigenvalue weighted by atomic mass is 10.1. The summed E-state index contributed by atoms with van der Waals surface area (Å²) in [7, 11) is 0. The van der Waals surface area contributed by atoms with Crippen LogP contribution in [0.4, 0.5) is 5.82 Å². The highest BCUT2D eigenvalue weighted by molar-refractivity contribution is 9.10. The fraction of sp³-hybridized carbons (Fsp3) is 0.167. The molecule has 1 aromatic carbocycles. The molecule has 0 saturated heterocycles. The van der Waals surface area contributed by atoms with E-state index in [1.54, 1.807) is 6.33 Å². The Morgan fingerprint density at radius 2 is 1.75 bits per heavy atom. The Labute approximate surface area is 102 Å². The van der Waals surface area contributed by atoms with Crippen LogP contribution in [0.25, 0.3) is 0 Å². The van der Waals surface area contributed by atoms with Crippen LogP contribution < -0.4 is 4.90 Å². The van der Waals surface area contributed by atoms with Gasteiger partial charge in [-0.2, -0.15) is 0 Å². The van der Waals surface area contributed by atoms with Crippen molar-refractivity contribution in [2.75, 3.05) is 4.90 Å². The molecule has 0 fully saturated rings. The molecule has 16 heavy (non-hydrogen) atoms. The molecule has 3 nitrogen and oxygen atoms in total. The van der Waals surface area contributed by atoms with Gasteiger partial charge in [0.25, 0.3) is 0 Å². The molecule has 1 aliphatic rings. The van der Waals surface area contributed by atoms with E-state index in [9.17, 15) is 0 Å². The Morgan fingerprint density at radius 1 is 1.06 bits per heavy atom. The topological polar surface area (TPSA) is 29.0 Å². The minimum absolute atomic E-state index is 0.827. The van der Waals surface area contributed by atoms with Crippen LogP contribution in [-0.2, 0) is 13.1 Å². The lowest BCUT2D eigenvalue weighted by molar-refractivity contribution is 0.849. The summed E-state index contributed by atoms with van der Waals surface area (Å²) < 4.78 is 0.827. The molecule has 3 rings (SSSR count). The number of halogens is 1. The molecular weight excluding hydrogens is 266 g/mol. The summed E-state index contributed by atoms with van der Waals surface area (Å²) >= 11 is 3.37. The summed E-state index contributed by atoms with van der Waals surface area (Å²) in [4.78, 5) is 10.6. The number of benzene rings is 1. The summed E-state index contributed by atoms with van der Waals surface area (Å²) in [5, 5.41) is 0. The molecule has 0 unspecified atom stereocenters. The highest BCUT2D eigenvalue weighted by Gasteiger charge is 2.19. The Kier molecular flexibility index (Phi) is 2.36. The third-order valence-corrected chi connectivity index (χ3v) is 3.22. The quantitative estimate of drug-likeness (QED) is 0.750. The van der Waals surface area contributed by atoms with Crippen molar-refractivity contribution in [1.82, 2.24) is 9.97 Å². The summed E-state index contributed by atoms with van der Waals surface area (Å²) in [5.74, 6) is 0.970. The number of hydrogen-bond acceptors (Lipinski definition) is 3. The van der Waals surface area contributed by atoms with Gasteiger partial charge < -0.3 is 4.90 Å². The highest BCUT2D eigenvalue weighted by atomic mass is 79.9. The molecule has 2 aromatic rings. The van der Waals surface area contributed by atoms with E-state index in [1.165, 1.54) is 11.1 Å². The third kappa shape index (κ3) is 1.69. The van der Waals surface area contributed by atoms with Gasteiger partial charge in [-0.15, -0.1) is 0 Å². The van der Waals surface area contributed by atoms with Crippen LogP contribution in [0.15, 0.2) is 41.3 Å². The van der Waals surface area contributed by atoms with E-state index in [1.807, 2.05) is 6.07 Å². The molecule has 0 spiro atoms. The normalized spacial score (nSPS) is 13.9. The maximum atomic E-state index is 4.29. The SMILES string of the molecule is Brc1cc(N2Cc3ccccc3C2)ncn1. The molecule has 0 saturated carbocycles. The van der Waals surface area contributed by atoms with Gasteiger partial charge in [0.15, 0.2) is 0 Å². The fourth-order valence-electron chi connectivity index (χ4n) is 1.99. The van der Waals surface area contributed by atoms with E-state index in [4.69, 9.17) is 0 Å². The maximum absolute atomic E-state index is 4.29. The van der Waals surface area contributed by atoms with Crippen molar-refractivity contribution >= 4 is 21.7 Å². The van der Waals surface area contributed by atoms with Crippen molar-refractivity contribution in [2.45, 2.75) is 13.1 Å². The van der Waals surface area contributed by atoms with Crippen LogP contribution in [0.1, 0.15) is 11.1 Å². The maximum Gasteiger partial charge on any atom is 0.133 e. The smallest absolute Gasteiger partial charge is 0.133 e. The lowest BCUT2D eigenvalue weighted by Gasteiger charge is -2.15. The van der Waals surface area contributed by atoms with Crippen molar-refractivity contribution in [3.8, 4) is 0 Å². The molecule has 0 radical (unpaired) electrons. The summed E-state index contributed by atoms with van der Waals surface area (Å²) in [6.07, 6.45) is 1.59. The van der Waals surface area contributed by atoms with Crippen molar-refractivity contribution < 1.29 is 0 Å². The van der Waals surface area contributed by atoms with Crippen LogP contribution in [-0.4, -0.2) is 9.97 Å². The van der Waals surface area contributed by atoms with Gasteiger partial charge in [-0.25, -0.2) is 9.97 Å². The predicted molar refractivity (Wildman–Crippen MR) is 66.1 cm³/mol. The minimum Gasteiger partial charge on any atom is -0.348 e. The number of nitrogens with zero attached hydrogens (tertiary/aromatic N) is 3. The number of anilines is 1. The third-order valence-electron chi connectivity index (χ3n) is 2.78. The lowest BCUT2D eigenvalue weighted by Crippen LogP contribution is -2.15.